The zero-order valence-corrected chi connectivity index (χ0v) is 10.2. The first-order chi connectivity index (χ1) is 7.95. The Morgan fingerprint density at radius 1 is 1.47 bits per heavy atom. The number of ether oxygens (including phenoxy) is 1. The predicted molar refractivity (Wildman–Crippen MR) is 66.1 cm³/mol. The smallest absolute Gasteiger partial charge is 0.241 e. The number of hydrogen-bond donors (Lipinski definition) is 3. The van der Waals surface area contributed by atoms with Gasteiger partial charge in [0.25, 0.3) is 0 Å². The summed E-state index contributed by atoms with van der Waals surface area (Å²) in [6.07, 6.45) is 0. The molecule has 4 N–H and O–H groups in total. The second-order valence-electron chi connectivity index (χ2n) is 4.14. The molecule has 94 valence electrons. The normalized spacial score (nSPS) is 12.3. The van der Waals surface area contributed by atoms with Crippen molar-refractivity contribution < 1.29 is 14.6 Å². The quantitative estimate of drug-likeness (QED) is 0.691. The molecule has 0 saturated carbocycles. The lowest BCUT2D eigenvalue weighted by Crippen LogP contribution is -2.39. The number of benzene rings is 1. The number of amides is 1. The molecule has 0 aliphatic carbocycles. The molecule has 0 aliphatic rings. The van der Waals surface area contributed by atoms with Crippen LogP contribution in [0.4, 0.5) is 5.69 Å². The standard InChI is InChI=1S/C12H18N2O3/c1-7(2)11(13)12(16)14-9-5-4-8(17-3)6-10(9)15/h4-7,11,15H,13H2,1-3H3,(H,14,16)/t11-/m1/s1. The van der Waals surface area contributed by atoms with E-state index in [0.717, 1.165) is 0 Å². The molecule has 1 atom stereocenters. The van der Waals surface area contributed by atoms with Gasteiger partial charge in [-0.3, -0.25) is 4.79 Å². The second-order valence-corrected chi connectivity index (χ2v) is 4.14. The highest BCUT2D eigenvalue weighted by Crippen LogP contribution is 2.27. The van der Waals surface area contributed by atoms with Crippen LogP contribution in [0.5, 0.6) is 11.5 Å². The Balaban J connectivity index is 2.78. The average molecular weight is 238 g/mol. The summed E-state index contributed by atoms with van der Waals surface area (Å²) in [4.78, 5) is 11.7. The molecule has 0 saturated heterocycles. The lowest BCUT2D eigenvalue weighted by molar-refractivity contribution is -0.118. The van der Waals surface area contributed by atoms with Crippen LogP contribution in [-0.2, 0) is 4.79 Å². The number of methoxy groups -OCH3 is 1. The molecule has 0 aromatic heterocycles. The van der Waals surface area contributed by atoms with E-state index in [2.05, 4.69) is 5.32 Å². The summed E-state index contributed by atoms with van der Waals surface area (Å²) in [5.74, 6) is 0.193. The third kappa shape index (κ3) is 3.35. The van der Waals surface area contributed by atoms with Crippen molar-refractivity contribution in [3.05, 3.63) is 18.2 Å². The first-order valence-corrected chi connectivity index (χ1v) is 5.39. The maximum absolute atomic E-state index is 11.7. The predicted octanol–water partition coefficient (Wildman–Crippen LogP) is 1.32. The maximum atomic E-state index is 11.7. The van der Waals surface area contributed by atoms with Crippen LogP contribution in [0.15, 0.2) is 18.2 Å². The van der Waals surface area contributed by atoms with Gasteiger partial charge in [0.1, 0.15) is 11.5 Å². The van der Waals surface area contributed by atoms with Gasteiger partial charge in [0.2, 0.25) is 5.91 Å². The summed E-state index contributed by atoms with van der Waals surface area (Å²) in [5, 5.41) is 12.2. The van der Waals surface area contributed by atoms with Gasteiger partial charge in [-0.15, -0.1) is 0 Å². The van der Waals surface area contributed by atoms with E-state index in [0.29, 0.717) is 11.4 Å². The van der Waals surface area contributed by atoms with Gasteiger partial charge in [0.15, 0.2) is 0 Å². The highest BCUT2D eigenvalue weighted by atomic mass is 16.5. The number of carbonyl (C=O) groups is 1. The molecule has 17 heavy (non-hydrogen) atoms. The van der Waals surface area contributed by atoms with Crippen LogP contribution in [0, 0.1) is 5.92 Å². The van der Waals surface area contributed by atoms with Crippen LogP contribution in [0.3, 0.4) is 0 Å². The van der Waals surface area contributed by atoms with Crippen LogP contribution < -0.4 is 15.8 Å². The van der Waals surface area contributed by atoms with Gasteiger partial charge in [-0.25, -0.2) is 0 Å². The third-order valence-electron chi connectivity index (χ3n) is 2.48. The number of aromatic hydroxyl groups is 1. The Bertz CT molecular complexity index is 405. The molecule has 1 rings (SSSR count). The van der Waals surface area contributed by atoms with E-state index in [1.54, 1.807) is 12.1 Å². The number of phenolic OH excluding ortho intramolecular Hbond substituents is 1. The van der Waals surface area contributed by atoms with E-state index in [9.17, 15) is 9.90 Å². The summed E-state index contributed by atoms with van der Waals surface area (Å²) in [6, 6.07) is 4.04. The topological polar surface area (TPSA) is 84.6 Å². The van der Waals surface area contributed by atoms with Gasteiger partial charge in [-0.2, -0.15) is 0 Å². The molecule has 0 spiro atoms. The van der Waals surface area contributed by atoms with Gasteiger partial charge < -0.3 is 20.9 Å². The van der Waals surface area contributed by atoms with Crippen LogP contribution in [0.2, 0.25) is 0 Å². The molecular weight excluding hydrogens is 220 g/mol. The SMILES string of the molecule is COc1ccc(NC(=O)[C@H](N)C(C)C)c(O)c1. The zero-order valence-electron chi connectivity index (χ0n) is 10.2. The van der Waals surface area contributed by atoms with Crippen molar-refractivity contribution in [1.82, 2.24) is 0 Å². The van der Waals surface area contributed by atoms with Gasteiger partial charge in [-0.05, 0) is 18.1 Å². The van der Waals surface area contributed by atoms with Crippen molar-refractivity contribution in [2.75, 3.05) is 12.4 Å². The fraction of sp³-hybridized carbons (Fsp3) is 0.417. The molecule has 0 radical (unpaired) electrons. The first kappa shape index (κ1) is 13.3. The van der Waals surface area contributed by atoms with Crippen LogP contribution in [0.25, 0.3) is 0 Å². The summed E-state index contributed by atoms with van der Waals surface area (Å²) in [5.41, 5.74) is 6.02. The van der Waals surface area contributed by atoms with E-state index in [4.69, 9.17) is 10.5 Å². The minimum Gasteiger partial charge on any atom is -0.506 e. The summed E-state index contributed by atoms with van der Waals surface area (Å²) < 4.78 is 4.94. The molecule has 1 aromatic carbocycles. The van der Waals surface area contributed by atoms with E-state index < -0.39 is 6.04 Å². The van der Waals surface area contributed by atoms with Crippen molar-refractivity contribution in [3.63, 3.8) is 0 Å². The van der Waals surface area contributed by atoms with Crippen LogP contribution >= 0.6 is 0 Å². The Hall–Kier alpha value is -1.75. The number of nitrogens with two attached hydrogens (primary N) is 1. The number of rotatable bonds is 4. The van der Waals surface area contributed by atoms with Crippen molar-refractivity contribution in [3.8, 4) is 11.5 Å². The molecular formula is C12H18N2O3. The molecule has 0 bridgehead atoms. The van der Waals surface area contributed by atoms with Crippen molar-refractivity contribution in [2.24, 2.45) is 11.7 Å². The van der Waals surface area contributed by atoms with Crippen molar-refractivity contribution in [1.29, 1.82) is 0 Å². The fourth-order valence-corrected chi connectivity index (χ4v) is 1.26. The number of carbonyl (C=O) groups excluding carboxylic acids is 1. The molecule has 1 aromatic rings. The van der Waals surface area contributed by atoms with Gasteiger partial charge >= 0.3 is 0 Å². The minimum atomic E-state index is -0.600. The Morgan fingerprint density at radius 2 is 2.12 bits per heavy atom. The number of hydrogen-bond acceptors (Lipinski definition) is 4. The van der Waals surface area contributed by atoms with E-state index in [1.807, 2.05) is 13.8 Å². The number of anilines is 1. The monoisotopic (exact) mass is 238 g/mol. The average Bonchev–Trinajstić information content (AvgIpc) is 2.30. The van der Waals surface area contributed by atoms with Gasteiger partial charge in [-0.1, -0.05) is 13.8 Å². The molecule has 0 fully saturated rings. The van der Waals surface area contributed by atoms with Gasteiger partial charge in [0, 0.05) is 6.07 Å². The number of phenols is 1. The van der Waals surface area contributed by atoms with E-state index in [1.165, 1.54) is 13.2 Å². The molecule has 5 nitrogen and oxygen atoms in total. The summed E-state index contributed by atoms with van der Waals surface area (Å²) in [6.45, 7) is 3.72. The summed E-state index contributed by atoms with van der Waals surface area (Å²) in [7, 11) is 1.50. The van der Waals surface area contributed by atoms with E-state index in [-0.39, 0.29) is 17.6 Å². The Morgan fingerprint density at radius 3 is 2.59 bits per heavy atom. The lowest BCUT2D eigenvalue weighted by Gasteiger charge is -2.16. The number of nitrogens with one attached hydrogen (secondary N) is 1. The maximum Gasteiger partial charge on any atom is 0.241 e. The highest BCUT2D eigenvalue weighted by Gasteiger charge is 2.18. The van der Waals surface area contributed by atoms with Gasteiger partial charge in [0.05, 0.1) is 18.8 Å². The zero-order chi connectivity index (χ0) is 13.0. The molecule has 0 heterocycles. The minimum absolute atomic E-state index is 0.0374. The summed E-state index contributed by atoms with van der Waals surface area (Å²) >= 11 is 0. The Labute approximate surface area is 101 Å². The largest absolute Gasteiger partial charge is 0.506 e. The Kier molecular flexibility index (Phi) is 4.34. The lowest BCUT2D eigenvalue weighted by atomic mass is 10.0. The van der Waals surface area contributed by atoms with Crippen molar-refractivity contribution >= 4 is 11.6 Å². The van der Waals surface area contributed by atoms with E-state index >= 15 is 0 Å². The third-order valence-corrected chi connectivity index (χ3v) is 2.48. The van der Waals surface area contributed by atoms with Crippen molar-refractivity contribution in [2.45, 2.75) is 19.9 Å². The fourth-order valence-electron chi connectivity index (χ4n) is 1.26. The van der Waals surface area contributed by atoms with Crippen LogP contribution in [0.1, 0.15) is 13.8 Å². The highest BCUT2D eigenvalue weighted by molar-refractivity contribution is 5.96. The van der Waals surface area contributed by atoms with Crippen LogP contribution in [-0.4, -0.2) is 24.2 Å². The second kappa shape index (κ2) is 5.54. The molecule has 5 heteroatoms. The molecule has 0 unspecified atom stereocenters. The molecule has 1 amide bonds. The molecule has 0 aliphatic heterocycles. The first-order valence-electron chi connectivity index (χ1n) is 5.39.